The molecule has 0 saturated heterocycles. The first-order valence-corrected chi connectivity index (χ1v) is 6.28. The highest BCUT2D eigenvalue weighted by molar-refractivity contribution is 5.50. The van der Waals surface area contributed by atoms with Gasteiger partial charge in [0.2, 0.25) is 0 Å². The molecule has 0 radical (unpaired) electrons. The van der Waals surface area contributed by atoms with Crippen molar-refractivity contribution >= 4 is 6.08 Å². The molecule has 0 bridgehead atoms. The van der Waals surface area contributed by atoms with Gasteiger partial charge in [-0.15, -0.1) is 0 Å². The minimum atomic E-state index is -0.192. The van der Waals surface area contributed by atoms with E-state index in [1.165, 1.54) is 17.7 Å². The van der Waals surface area contributed by atoms with Gasteiger partial charge in [-0.25, -0.2) is 4.39 Å². The maximum absolute atomic E-state index is 12.8. The number of halogens is 1. The Morgan fingerprint density at radius 1 is 1.00 bits per heavy atom. The van der Waals surface area contributed by atoms with Gasteiger partial charge < -0.3 is 0 Å². The zero-order chi connectivity index (χ0) is 12.8. The van der Waals surface area contributed by atoms with E-state index in [1.54, 1.807) is 12.1 Å². The average molecular weight is 240 g/mol. The van der Waals surface area contributed by atoms with E-state index in [-0.39, 0.29) is 5.82 Å². The van der Waals surface area contributed by atoms with Crippen LogP contribution in [0.15, 0.2) is 60.7 Å². The van der Waals surface area contributed by atoms with E-state index in [0.717, 1.165) is 12.0 Å². The Kier molecular flexibility index (Phi) is 4.30. The molecule has 1 atom stereocenters. The lowest BCUT2D eigenvalue weighted by Crippen LogP contribution is -1.92. The molecular weight excluding hydrogens is 223 g/mol. The van der Waals surface area contributed by atoms with Gasteiger partial charge in [0.25, 0.3) is 0 Å². The minimum Gasteiger partial charge on any atom is -0.207 e. The van der Waals surface area contributed by atoms with Gasteiger partial charge in [0.1, 0.15) is 5.82 Å². The maximum atomic E-state index is 12.8. The lowest BCUT2D eigenvalue weighted by atomic mass is 9.95. The van der Waals surface area contributed by atoms with E-state index >= 15 is 0 Å². The van der Waals surface area contributed by atoms with Crippen LogP contribution in [0.3, 0.4) is 0 Å². The molecule has 0 fully saturated rings. The largest absolute Gasteiger partial charge is 0.207 e. The van der Waals surface area contributed by atoms with Crippen molar-refractivity contribution in [2.45, 2.75) is 19.3 Å². The van der Waals surface area contributed by atoms with Gasteiger partial charge in [-0.3, -0.25) is 0 Å². The summed E-state index contributed by atoms with van der Waals surface area (Å²) in [6, 6.07) is 17.0. The first-order chi connectivity index (χ1) is 8.79. The Bertz CT molecular complexity index is 497. The fraction of sp³-hybridized carbons (Fsp3) is 0.176. The predicted molar refractivity (Wildman–Crippen MR) is 74.9 cm³/mol. The Balaban J connectivity index is 2.13. The van der Waals surface area contributed by atoms with Crippen LogP contribution in [0.4, 0.5) is 4.39 Å². The van der Waals surface area contributed by atoms with Crippen LogP contribution in [-0.2, 0) is 0 Å². The molecule has 0 saturated carbocycles. The van der Waals surface area contributed by atoms with Gasteiger partial charge >= 0.3 is 0 Å². The summed E-state index contributed by atoms with van der Waals surface area (Å²) < 4.78 is 12.8. The van der Waals surface area contributed by atoms with E-state index in [1.807, 2.05) is 6.07 Å². The summed E-state index contributed by atoms with van der Waals surface area (Å²) in [5.74, 6) is 0.221. The molecule has 0 heterocycles. The molecule has 2 aromatic rings. The van der Waals surface area contributed by atoms with E-state index in [0.29, 0.717) is 5.92 Å². The maximum Gasteiger partial charge on any atom is 0.123 e. The second-order valence-corrected chi connectivity index (χ2v) is 4.34. The number of benzene rings is 2. The number of allylic oxidation sites excluding steroid dienone is 1. The van der Waals surface area contributed by atoms with Gasteiger partial charge in [0.05, 0.1) is 0 Å². The van der Waals surface area contributed by atoms with Crippen molar-refractivity contribution in [2.24, 2.45) is 0 Å². The van der Waals surface area contributed by atoms with Gasteiger partial charge in [-0.1, -0.05) is 61.5 Å². The first kappa shape index (κ1) is 12.6. The summed E-state index contributed by atoms with van der Waals surface area (Å²) in [5.41, 5.74) is 2.35. The number of rotatable bonds is 4. The molecule has 0 amide bonds. The van der Waals surface area contributed by atoms with Crippen molar-refractivity contribution in [2.75, 3.05) is 0 Å². The van der Waals surface area contributed by atoms with Gasteiger partial charge in [-0.2, -0.15) is 0 Å². The fourth-order valence-electron chi connectivity index (χ4n) is 1.98. The van der Waals surface area contributed by atoms with Crippen LogP contribution in [0.1, 0.15) is 30.4 Å². The van der Waals surface area contributed by atoms with E-state index < -0.39 is 0 Å². The molecule has 1 unspecified atom stereocenters. The second kappa shape index (κ2) is 6.15. The Morgan fingerprint density at radius 3 is 2.28 bits per heavy atom. The molecule has 0 aliphatic carbocycles. The molecule has 0 aromatic heterocycles. The third-order valence-electron chi connectivity index (χ3n) is 3.06. The molecule has 2 rings (SSSR count). The standard InChI is InChI=1S/C17H17F/c1-2-15(16-6-4-3-5-7-16)11-8-14-9-12-17(18)13-10-14/h3-13,15H,2H2,1H3/b11-8+. The summed E-state index contributed by atoms with van der Waals surface area (Å²) >= 11 is 0. The molecule has 0 aliphatic heterocycles. The number of hydrogen-bond donors (Lipinski definition) is 0. The van der Waals surface area contributed by atoms with E-state index in [9.17, 15) is 4.39 Å². The summed E-state index contributed by atoms with van der Waals surface area (Å²) in [6.07, 6.45) is 5.30. The monoisotopic (exact) mass is 240 g/mol. The lowest BCUT2D eigenvalue weighted by molar-refractivity contribution is 0.628. The smallest absolute Gasteiger partial charge is 0.123 e. The second-order valence-electron chi connectivity index (χ2n) is 4.34. The molecule has 18 heavy (non-hydrogen) atoms. The van der Waals surface area contributed by atoms with Crippen molar-refractivity contribution in [1.82, 2.24) is 0 Å². The zero-order valence-corrected chi connectivity index (χ0v) is 10.5. The van der Waals surface area contributed by atoms with Crippen molar-refractivity contribution < 1.29 is 4.39 Å². The molecular formula is C17H17F. The highest BCUT2D eigenvalue weighted by Crippen LogP contribution is 2.21. The predicted octanol–water partition coefficient (Wildman–Crippen LogP) is 5.03. The Labute approximate surface area is 108 Å². The summed E-state index contributed by atoms with van der Waals surface area (Å²) in [6.45, 7) is 2.17. The summed E-state index contributed by atoms with van der Waals surface area (Å²) in [4.78, 5) is 0. The Hall–Kier alpha value is -1.89. The van der Waals surface area contributed by atoms with Crippen LogP contribution in [-0.4, -0.2) is 0 Å². The molecule has 0 N–H and O–H groups in total. The molecule has 0 nitrogen and oxygen atoms in total. The Morgan fingerprint density at radius 2 is 1.67 bits per heavy atom. The van der Waals surface area contributed by atoms with Gasteiger partial charge in [0.15, 0.2) is 0 Å². The van der Waals surface area contributed by atoms with E-state index in [2.05, 4.69) is 43.3 Å². The number of hydrogen-bond acceptors (Lipinski definition) is 0. The van der Waals surface area contributed by atoms with Crippen LogP contribution in [0.25, 0.3) is 6.08 Å². The highest BCUT2D eigenvalue weighted by atomic mass is 19.1. The molecule has 1 heteroatoms. The highest BCUT2D eigenvalue weighted by Gasteiger charge is 2.03. The zero-order valence-electron chi connectivity index (χ0n) is 10.5. The van der Waals surface area contributed by atoms with Crippen molar-refractivity contribution in [1.29, 1.82) is 0 Å². The fourth-order valence-corrected chi connectivity index (χ4v) is 1.98. The van der Waals surface area contributed by atoms with Crippen LogP contribution in [0, 0.1) is 5.82 Å². The molecule has 0 spiro atoms. The van der Waals surface area contributed by atoms with Crippen molar-refractivity contribution in [3.05, 3.63) is 77.6 Å². The van der Waals surface area contributed by atoms with Crippen LogP contribution < -0.4 is 0 Å². The van der Waals surface area contributed by atoms with Crippen LogP contribution in [0.5, 0.6) is 0 Å². The minimum absolute atomic E-state index is 0.192. The summed E-state index contributed by atoms with van der Waals surface area (Å²) in [7, 11) is 0. The third-order valence-corrected chi connectivity index (χ3v) is 3.06. The van der Waals surface area contributed by atoms with Gasteiger partial charge in [-0.05, 0) is 29.7 Å². The molecule has 92 valence electrons. The van der Waals surface area contributed by atoms with Crippen molar-refractivity contribution in [3.63, 3.8) is 0 Å². The van der Waals surface area contributed by atoms with Crippen LogP contribution in [0.2, 0.25) is 0 Å². The normalized spacial score (nSPS) is 12.8. The lowest BCUT2D eigenvalue weighted by Gasteiger charge is -2.10. The molecule has 0 aliphatic rings. The van der Waals surface area contributed by atoms with Gasteiger partial charge in [0, 0.05) is 5.92 Å². The molecule has 2 aromatic carbocycles. The first-order valence-electron chi connectivity index (χ1n) is 6.28. The summed E-state index contributed by atoms with van der Waals surface area (Å²) in [5, 5.41) is 0. The van der Waals surface area contributed by atoms with Crippen LogP contribution >= 0.6 is 0 Å². The topological polar surface area (TPSA) is 0 Å². The third kappa shape index (κ3) is 3.30. The van der Waals surface area contributed by atoms with E-state index in [4.69, 9.17) is 0 Å². The quantitative estimate of drug-likeness (QED) is 0.703. The SMILES string of the molecule is CCC(/C=C/c1ccc(F)cc1)c1ccccc1. The van der Waals surface area contributed by atoms with Crippen molar-refractivity contribution in [3.8, 4) is 0 Å². The average Bonchev–Trinajstić information content (AvgIpc) is 2.43.